The average molecular weight is 425 g/mol. The summed E-state index contributed by atoms with van der Waals surface area (Å²) in [6.07, 6.45) is 0. The second kappa shape index (κ2) is 7.72. The highest BCUT2D eigenvalue weighted by Crippen LogP contribution is 2.34. The predicted octanol–water partition coefficient (Wildman–Crippen LogP) is 5.32. The quantitative estimate of drug-likeness (QED) is 0.576. The second-order valence-corrected chi connectivity index (χ2v) is 7.23. The van der Waals surface area contributed by atoms with Crippen molar-refractivity contribution in [1.82, 2.24) is 0 Å². The molecule has 0 saturated carbocycles. The number of halogens is 3. The highest BCUT2D eigenvalue weighted by molar-refractivity contribution is 6.46. The molecule has 1 N–H and O–H groups in total. The van der Waals surface area contributed by atoms with Crippen molar-refractivity contribution in [1.29, 1.82) is 0 Å². The number of amides is 2. The van der Waals surface area contributed by atoms with Crippen LogP contribution in [0.1, 0.15) is 11.1 Å². The van der Waals surface area contributed by atoms with Gasteiger partial charge in [0.05, 0.1) is 11.3 Å². The van der Waals surface area contributed by atoms with E-state index in [1.807, 2.05) is 13.0 Å². The molecule has 0 spiro atoms. The van der Waals surface area contributed by atoms with E-state index in [-0.39, 0.29) is 17.0 Å². The van der Waals surface area contributed by atoms with Crippen LogP contribution >= 0.6 is 11.6 Å². The van der Waals surface area contributed by atoms with E-state index < -0.39 is 23.4 Å². The van der Waals surface area contributed by atoms with E-state index in [1.165, 1.54) is 6.07 Å². The van der Waals surface area contributed by atoms with Gasteiger partial charge in [-0.05, 0) is 54.4 Å². The maximum Gasteiger partial charge on any atom is 0.282 e. The predicted molar refractivity (Wildman–Crippen MR) is 112 cm³/mol. The van der Waals surface area contributed by atoms with Crippen molar-refractivity contribution in [3.05, 3.63) is 100 Å². The molecule has 1 heterocycles. The van der Waals surface area contributed by atoms with Gasteiger partial charge in [-0.1, -0.05) is 35.9 Å². The molecule has 0 radical (unpaired) electrons. The maximum absolute atomic E-state index is 13.7. The molecule has 4 rings (SSSR count). The molecule has 3 aromatic rings. The zero-order chi connectivity index (χ0) is 21.4. The summed E-state index contributed by atoms with van der Waals surface area (Å²) in [7, 11) is 0. The number of benzene rings is 3. The summed E-state index contributed by atoms with van der Waals surface area (Å²) in [5.41, 5.74) is 1.99. The van der Waals surface area contributed by atoms with Gasteiger partial charge in [0, 0.05) is 16.8 Å². The summed E-state index contributed by atoms with van der Waals surface area (Å²) >= 11 is 5.95. The minimum Gasteiger partial charge on any atom is -0.350 e. The van der Waals surface area contributed by atoms with Gasteiger partial charge in [0.15, 0.2) is 11.6 Å². The number of anilines is 2. The van der Waals surface area contributed by atoms with Crippen molar-refractivity contribution in [2.24, 2.45) is 0 Å². The lowest BCUT2D eigenvalue weighted by Gasteiger charge is -2.16. The highest BCUT2D eigenvalue weighted by Gasteiger charge is 2.40. The minimum absolute atomic E-state index is 0.0326. The first-order valence-corrected chi connectivity index (χ1v) is 9.40. The van der Waals surface area contributed by atoms with E-state index >= 15 is 0 Å². The number of imide groups is 1. The summed E-state index contributed by atoms with van der Waals surface area (Å²) in [4.78, 5) is 27.6. The monoisotopic (exact) mass is 424 g/mol. The van der Waals surface area contributed by atoms with E-state index in [9.17, 15) is 18.4 Å². The van der Waals surface area contributed by atoms with Crippen molar-refractivity contribution < 1.29 is 18.4 Å². The molecule has 0 saturated heterocycles. The molecule has 0 fully saturated rings. The van der Waals surface area contributed by atoms with Crippen molar-refractivity contribution in [2.45, 2.75) is 6.92 Å². The van der Waals surface area contributed by atoms with Gasteiger partial charge >= 0.3 is 0 Å². The van der Waals surface area contributed by atoms with Crippen molar-refractivity contribution in [3.8, 4) is 0 Å². The van der Waals surface area contributed by atoms with Crippen LogP contribution in [0.5, 0.6) is 0 Å². The average Bonchev–Trinajstić information content (AvgIpc) is 2.95. The van der Waals surface area contributed by atoms with Gasteiger partial charge in [0.1, 0.15) is 5.70 Å². The first-order chi connectivity index (χ1) is 14.3. The number of carbonyl (C=O) groups excluding carboxylic acids is 2. The van der Waals surface area contributed by atoms with Gasteiger partial charge < -0.3 is 5.32 Å². The lowest BCUT2D eigenvalue weighted by molar-refractivity contribution is -0.120. The van der Waals surface area contributed by atoms with E-state index in [0.717, 1.165) is 22.6 Å². The Morgan fingerprint density at radius 2 is 1.60 bits per heavy atom. The molecular weight excluding hydrogens is 410 g/mol. The molecule has 0 aliphatic carbocycles. The normalized spacial score (nSPS) is 13.9. The molecule has 1 aliphatic heterocycles. The van der Waals surface area contributed by atoms with Gasteiger partial charge in [-0.2, -0.15) is 0 Å². The number of nitrogens with one attached hydrogen (secondary N) is 1. The van der Waals surface area contributed by atoms with Crippen LogP contribution in [0, 0.1) is 18.6 Å². The van der Waals surface area contributed by atoms with Crippen molar-refractivity contribution in [3.63, 3.8) is 0 Å². The number of rotatable bonds is 4. The van der Waals surface area contributed by atoms with Crippen molar-refractivity contribution >= 4 is 40.4 Å². The topological polar surface area (TPSA) is 49.4 Å². The van der Waals surface area contributed by atoms with Crippen LogP contribution in [0.25, 0.3) is 5.57 Å². The molecule has 0 atom stereocenters. The Kier molecular flexibility index (Phi) is 5.10. The zero-order valence-corrected chi connectivity index (χ0v) is 16.5. The molecule has 150 valence electrons. The van der Waals surface area contributed by atoms with Crippen molar-refractivity contribution in [2.75, 3.05) is 10.2 Å². The third-order valence-corrected chi connectivity index (χ3v) is 4.92. The Balaban J connectivity index is 1.83. The second-order valence-electron chi connectivity index (χ2n) is 6.80. The first-order valence-electron chi connectivity index (χ1n) is 9.03. The summed E-state index contributed by atoms with van der Waals surface area (Å²) in [5, 5.41) is 3.27. The Labute approximate surface area is 176 Å². The number of hydrogen-bond acceptors (Lipinski definition) is 3. The van der Waals surface area contributed by atoms with Crippen LogP contribution in [-0.4, -0.2) is 11.8 Å². The number of aryl methyl sites for hydroxylation is 1. The van der Waals surface area contributed by atoms with E-state index in [1.54, 1.807) is 42.5 Å². The largest absolute Gasteiger partial charge is 0.350 e. The minimum atomic E-state index is -1.07. The molecule has 30 heavy (non-hydrogen) atoms. The Hall–Kier alpha value is -3.51. The molecule has 0 bridgehead atoms. The molecule has 0 aromatic heterocycles. The fraction of sp³-hybridized carbons (Fsp3) is 0.0435. The van der Waals surface area contributed by atoms with Crippen LogP contribution in [0.2, 0.25) is 5.02 Å². The lowest BCUT2D eigenvalue weighted by atomic mass is 10.0. The molecule has 7 heteroatoms. The van der Waals surface area contributed by atoms with Gasteiger partial charge in [-0.25, -0.2) is 13.7 Å². The Morgan fingerprint density at radius 1 is 0.867 bits per heavy atom. The third-order valence-electron chi connectivity index (χ3n) is 4.67. The summed E-state index contributed by atoms with van der Waals surface area (Å²) < 4.78 is 27.0. The summed E-state index contributed by atoms with van der Waals surface area (Å²) in [6, 6.07) is 16.6. The SMILES string of the molecule is Cc1cccc(N2C(=O)C(Nc3ccc(F)c(F)c3)=C(c3ccc(Cl)cc3)C2=O)c1. The van der Waals surface area contributed by atoms with E-state index in [2.05, 4.69) is 5.32 Å². The number of hydrogen-bond donors (Lipinski definition) is 1. The Bertz CT molecular complexity index is 1210. The van der Waals surface area contributed by atoms with E-state index in [0.29, 0.717) is 16.3 Å². The lowest BCUT2D eigenvalue weighted by Crippen LogP contribution is -2.32. The standard InChI is InChI=1S/C23H15ClF2N2O2/c1-13-3-2-4-17(11-13)28-22(29)20(14-5-7-15(24)8-6-14)21(23(28)30)27-16-9-10-18(25)19(26)12-16/h2-12,27H,1H3. The fourth-order valence-electron chi connectivity index (χ4n) is 3.25. The van der Waals surface area contributed by atoms with Gasteiger partial charge in [-0.15, -0.1) is 0 Å². The molecule has 4 nitrogen and oxygen atoms in total. The Morgan fingerprint density at radius 3 is 2.27 bits per heavy atom. The number of nitrogens with zero attached hydrogens (tertiary/aromatic N) is 1. The van der Waals surface area contributed by atoms with Gasteiger partial charge in [0.2, 0.25) is 0 Å². The molecule has 3 aromatic carbocycles. The molecule has 1 aliphatic rings. The first kappa shape index (κ1) is 19.8. The maximum atomic E-state index is 13.7. The summed E-state index contributed by atoms with van der Waals surface area (Å²) in [5.74, 6) is -3.21. The van der Waals surface area contributed by atoms with Crippen LogP contribution < -0.4 is 10.2 Å². The van der Waals surface area contributed by atoms with Crippen LogP contribution in [0.15, 0.2) is 72.4 Å². The fourth-order valence-corrected chi connectivity index (χ4v) is 3.38. The number of carbonyl (C=O) groups is 2. The van der Waals surface area contributed by atoms with Gasteiger partial charge in [-0.3, -0.25) is 9.59 Å². The van der Waals surface area contributed by atoms with Crippen LogP contribution in [-0.2, 0) is 9.59 Å². The van der Waals surface area contributed by atoms with Crippen LogP contribution in [0.4, 0.5) is 20.2 Å². The smallest absolute Gasteiger partial charge is 0.282 e. The third kappa shape index (κ3) is 3.57. The van der Waals surface area contributed by atoms with E-state index in [4.69, 9.17) is 11.6 Å². The zero-order valence-electron chi connectivity index (χ0n) is 15.7. The molecule has 0 unspecified atom stereocenters. The summed E-state index contributed by atoms with van der Waals surface area (Å²) in [6.45, 7) is 1.85. The van der Waals surface area contributed by atoms with Crippen LogP contribution in [0.3, 0.4) is 0 Å². The van der Waals surface area contributed by atoms with Gasteiger partial charge in [0.25, 0.3) is 11.8 Å². The highest BCUT2D eigenvalue weighted by atomic mass is 35.5. The molecular formula is C23H15ClF2N2O2. The molecule has 2 amide bonds.